The largest absolute Gasteiger partial charge is 0.394 e. The molecule has 4 aliphatic rings. The fraction of sp³-hybridized carbons (Fsp3) is 1.00. The van der Waals surface area contributed by atoms with E-state index in [0.29, 0.717) is 25.7 Å². The van der Waals surface area contributed by atoms with Gasteiger partial charge in [0.15, 0.2) is 25.2 Å². The van der Waals surface area contributed by atoms with Crippen molar-refractivity contribution >= 4 is 0 Å². The lowest BCUT2D eigenvalue weighted by atomic mass is 9.97. The van der Waals surface area contributed by atoms with Gasteiger partial charge in [-0.3, -0.25) is 0 Å². The topological polar surface area (TPSA) is 416 Å². The van der Waals surface area contributed by atoms with Gasteiger partial charge in [-0.1, -0.05) is 104 Å². The third kappa shape index (κ3) is 19.6. The van der Waals surface area contributed by atoms with E-state index in [4.69, 9.17) is 47.4 Å². The van der Waals surface area contributed by atoms with Gasteiger partial charge >= 0.3 is 0 Å². The summed E-state index contributed by atoms with van der Waals surface area (Å²) in [6.45, 7) is -0.808. The zero-order chi connectivity index (χ0) is 55.9. The molecule has 0 aliphatic carbocycles. The first-order valence-corrected chi connectivity index (χ1v) is 27.5. The molecule has 0 aromatic rings. The Hall–Kier alpha value is -1.04. The van der Waals surface area contributed by atoms with Crippen molar-refractivity contribution < 1.29 is 129 Å². The molecule has 8 unspecified atom stereocenters. The monoisotopic (exact) mass is 1110 g/mol. The van der Waals surface area contributed by atoms with Crippen LogP contribution < -0.4 is 0 Å². The third-order valence-electron chi connectivity index (χ3n) is 14.5. The standard InChI is InChI=1S/C50H94O26/c1-3-5-7-9-11-13-15-17-19-67-45(31(75-49-43(65)39(61)35(57)29(23-53)73-49)25-69-47-41(63)37(59)33(55)27(21-51)71-47)46(68-20-18-16-14-12-10-8-6-4-2)32(76-50-44(66)40(62)36(58)30(24-54)74-50)26-70-48-42(64)38(60)34(56)28(22-52)72-48/h27-66H,3-26H2,1-2H3/t27?,28?,29?,30?,31-,32-,33+,34+,35+,36+,37-,38-,39-,40-,41?,42?,43?,44?,45-,46-,47+,48+,49-,50-/m0/s1. The van der Waals surface area contributed by atoms with Crippen LogP contribution in [-0.4, -0.2) is 282 Å². The Kier molecular flexibility index (Phi) is 31.7. The van der Waals surface area contributed by atoms with E-state index in [9.17, 15) is 81.7 Å². The van der Waals surface area contributed by atoms with Crippen molar-refractivity contribution in [2.24, 2.45) is 0 Å². The fourth-order valence-corrected chi connectivity index (χ4v) is 9.66. The van der Waals surface area contributed by atoms with E-state index in [0.717, 1.165) is 77.0 Å². The second-order valence-electron chi connectivity index (χ2n) is 20.4. The van der Waals surface area contributed by atoms with E-state index in [1.807, 2.05) is 0 Å². The summed E-state index contributed by atoms with van der Waals surface area (Å²) in [5.41, 5.74) is 0. The van der Waals surface area contributed by atoms with Crippen LogP contribution in [0.15, 0.2) is 0 Å². The van der Waals surface area contributed by atoms with Gasteiger partial charge in [0.1, 0.15) is 122 Å². The molecule has 4 aliphatic heterocycles. The van der Waals surface area contributed by atoms with Gasteiger partial charge in [-0.15, -0.1) is 0 Å². The average molecular weight is 1110 g/mol. The molecule has 0 saturated carbocycles. The summed E-state index contributed by atoms with van der Waals surface area (Å²) in [7, 11) is 0. The van der Waals surface area contributed by atoms with Crippen LogP contribution in [0.2, 0.25) is 0 Å². The Balaban J connectivity index is 1.86. The predicted molar refractivity (Wildman–Crippen MR) is 261 cm³/mol. The molecule has 26 nitrogen and oxygen atoms in total. The summed E-state index contributed by atoms with van der Waals surface area (Å²) in [4.78, 5) is 0. The molecule has 24 atom stereocenters. The van der Waals surface area contributed by atoms with Crippen LogP contribution in [0.5, 0.6) is 0 Å². The van der Waals surface area contributed by atoms with Crippen LogP contribution >= 0.6 is 0 Å². The van der Waals surface area contributed by atoms with E-state index >= 15 is 0 Å². The van der Waals surface area contributed by atoms with Crippen LogP contribution in [-0.2, 0) is 47.4 Å². The average Bonchev–Trinajstić information content (AvgIpc) is 3.42. The predicted octanol–water partition coefficient (Wildman–Crippen LogP) is -3.96. The van der Waals surface area contributed by atoms with Crippen molar-refractivity contribution in [3.63, 3.8) is 0 Å². The molecule has 450 valence electrons. The molecule has 4 fully saturated rings. The van der Waals surface area contributed by atoms with Crippen LogP contribution in [0.3, 0.4) is 0 Å². The lowest BCUT2D eigenvalue weighted by Crippen LogP contribution is -2.63. The molecule has 4 heterocycles. The number of aliphatic hydroxyl groups is 16. The quantitative estimate of drug-likeness (QED) is 0.0264. The summed E-state index contributed by atoms with van der Waals surface area (Å²) < 4.78 is 61.2. The molecular formula is C50H94O26. The van der Waals surface area contributed by atoms with Gasteiger partial charge in [0.25, 0.3) is 0 Å². The van der Waals surface area contributed by atoms with E-state index in [1.54, 1.807) is 0 Å². The summed E-state index contributed by atoms with van der Waals surface area (Å²) in [5, 5.41) is 171. The van der Waals surface area contributed by atoms with Crippen LogP contribution in [0, 0.1) is 0 Å². The Morgan fingerprint density at radius 1 is 0.316 bits per heavy atom. The van der Waals surface area contributed by atoms with Gasteiger partial charge in [0.05, 0.1) is 39.6 Å². The smallest absolute Gasteiger partial charge is 0.187 e. The SMILES string of the molecule is CCCCCCCCCCO[C@H]([C@@H](OCCCCCCCCCC)[C@H](CO[C@@H]1OC(CO)[C@@H](O)[C@H](O)C1O)O[C@@H]1OC(CO)[C@@H](O)[C@H](O)C1O)[C@H](CO[C@@H]1OC(CO)[C@@H](O)[C@H](O)C1O)O[C@@H]1OC(CO)[C@@H](O)[C@H](O)C1O. The Bertz CT molecular complexity index is 1380. The second kappa shape index (κ2) is 35.7. The molecule has 0 bridgehead atoms. The van der Waals surface area contributed by atoms with E-state index in [1.165, 1.54) is 0 Å². The maximum Gasteiger partial charge on any atom is 0.187 e. The number of aliphatic hydroxyl groups excluding tert-OH is 16. The number of rotatable bonds is 37. The molecule has 0 aromatic heterocycles. The lowest BCUT2D eigenvalue weighted by Gasteiger charge is -2.46. The summed E-state index contributed by atoms with van der Waals surface area (Å²) in [6.07, 6.45) is -28.4. The van der Waals surface area contributed by atoms with Gasteiger partial charge in [-0.2, -0.15) is 0 Å². The lowest BCUT2D eigenvalue weighted by molar-refractivity contribution is -0.351. The summed E-state index contributed by atoms with van der Waals surface area (Å²) in [6, 6.07) is 0. The van der Waals surface area contributed by atoms with Gasteiger partial charge in [0.2, 0.25) is 0 Å². The normalized spacial score (nSPS) is 38.0. The summed E-state index contributed by atoms with van der Waals surface area (Å²) in [5.74, 6) is 0. The number of unbranched alkanes of at least 4 members (excludes halogenated alkanes) is 14. The number of hydrogen-bond donors (Lipinski definition) is 16. The second-order valence-corrected chi connectivity index (χ2v) is 20.4. The Labute approximate surface area is 444 Å². The van der Waals surface area contributed by atoms with Gasteiger partial charge in [-0.05, 0) is 12.8 Å². The molecule has 0 amide bonds. The van der Waals surface area contributed by atoms with Gasteiger partial charge in [-0.25, -0.2) is 0 Å². The Morgan fingerprint density at radius 3 is 0.842 bits per heavy atom. The molecule has 4 saturated heterocycles. The van der Waals surface area contributed by atoms with Gasteiger partial charge < -0.3 is 129 Å². The highest BCUT2D eigenvalue weighted by Crippen LogP contribution is 2.32. The van der Waals surface area contributed by atoms with Crippen LogP contribution in [0.4, 0.5) is 0 Å². The van der Waals surface area contributed by atoms with Crippen molar-refractivity contribution in [1.82, 2.24) is 0 Å². The molecule has 76 heavy (non-hydrogen) atoms. The first-order chi connectivity index (χ1) is 36.5. The van der Waals surface area contributed by atoms with E-state index < -0.39 is 187 Å². The zero-order valence-corrected chi connectivity index (χ0v) is 44.1. The highest BCUT2D eigenvalue weighted by atomic mass is 16.8. The van der Waals surface area contributed by atoms with Crippen LogP contribution in [0.25, 0.3) is 0 Å². The minimum atomic E-state index is -2.02. The van der Waals surface area contributed by atoms with Crippen molar-refractivity contribution in [2.75, 3.05) is 52.9 Å². The van der Waals surface area contributed by atoms with Crippen LogP contribution in [0.1, 0.15) is 117 Å². The molecule has 0 spiro atoms. The summed E-state index contributed by atoms with van der Waals surface area (Å²) >= 11 is 0. The Morgan fingerprint density at radius 2 is 0.566 bits per heavy atom. The molecular weight excluding hydrogens is 1020 g/mol. The zero-order valence-electron chi connectivity index (χ0n) is 44.1. The van der Waals surface area contributed by atoms with E-state index in [2.05, 4.69) is 13.8 Å². The number of hydrogen-bond acceptors (Lipinski definition) is 26. The van der Waals surface area contributed by atoms with Crippen molar-refractivity contribution in [2.45, 2.75) is 264 Å². The maximum atomic E-state index is 11.4. The molecule has 0 aromatic carbocycles. The van der Waals surface area contributed by atoms with Crippen molar-refractivity contribution in [1.29, 1.82) is 0 Å². The minimum absolute atomic E-state index is 0.0633. The minimum Gasteiger partial charge on any atom is -0.394 e. The number of ether oxygens (including phenoxy) is 10. The van der Waals surface area contributed by atoms with Crippen molar-refractivity contribution in [3.8, 4) is 0 Å². The van der Waals surface area contributed by atoms with Gasteiger partial charge in [0, 0.05) is 13.2 Å². The molecule has 16 N–H and O–H groups in total. The highest BCUT2D eigenvalue weighted by molar-refractivity contribution is 4.96. The third-order valence-corrected chi connectivity index (χ3v) is 14.5. The molecule has 26 heteroatoms. The first-order valence-electron chi connectivity index (χ1n) is 27.5. The fourth-order valence-electron chi connectivity index (χ4n) is 9.66. The highest BCUT2D eigenvalue weighted by Gasteiger charge is 2.52. The molecule has 0 radical (unpaired) electrons. The van der Waals surface area contributed by atoms with E-state index in [-0.39, 0.29) is 13.2 Å². The van der Waals surface area contributed by atoms with Crippen molar-refractivity contribution in [3.05, 3.63) is 0 Å². The maximum absolute atomic E-state index is 11.4. The molecule has 4 rings (SSSR count). The first kappa shape index (κ1) is 67.5.